The van der Waals surface area contributed by atoms with Crippen LogP contribution < -0.4 is 10.6 Å². The molecular weight excluding hydrogens is 824 g/mol. The van der Waals surface area contributed by atoms with Crippen LogP contribution in [0.1, 0.15) is 113 Å². The normalized spacial score (nSPS) is 31.3. The first kappa shape index (κ1) is 42.3. The Hall–Kier alpha value is -5.40. The van der Waals surface area contributed by atoms with Crippen LogP contribution in [0.5, 0.6) is 0 Å². The summed E-state index contributed by atoms with van der Waals surface area (Å²) >= 11 is 0. The molecular formula is C48H46CuN4O8. The Bertz CT molecular complexity index is 2010. The standard InChI is InChI=1S/C48H46N4O8.Cu/c53-45(54)29-9-1-25(2-10-29)41-33-17-19-35(49-33)42(26-3-11-30(12-4-26)46(55)56)37-21-23-39(51-37)44(28-7-15-32(16-8-28)48(59)60)40-24-22-38(52-40)43(36-20-18-34(41)50-36)27-5-13-31(14-6-27)47(57)58;/h1-17,19,22,24,33-44,49,52H,18,20-21,23H2,(H,53,54)(H,55,56)(H,57,58)(H,59,60);/q-2;+2. The van der Waals surface area contributed by atoms with Crippen LogP contribution in [0.2, 0.25) is 0 Å². The van der Waals surface area contributed by atoms with Gasteiger partial charge in [0.2, 0.25) is 0 Å². The molecule has 61 heavy (non-hydrogen) atoms. The van der Waals surface area contributed by atoms with E-state index in [9.17, 15) is 39.6 Å². The second-order valence-corrected chi connectivity index (χ2v) is 16.7. The molecule has 4 aromatic carbocycles. The first-order valence-corrected chi connectivity index (χ1v) is 20.6. The van der Waals surface area contributed by atoms with Gasteiger partial charge in [0.05, 0.1) is 22.3 Å². The largest absolute Gasteiger partial charge is 2.00 e. The van der Waals surface area contributed by atoms with Gasteiger partial charge in [0.1, 0.15) is 0 Å². The average molecular weight is 870 g/mol. The van der Waals surface area contributed by atoms with Crippen LogP contribution in [-0.2, 0) is 17.1 Å². The van der Waals surface area contributed by atoms with Crippen molar-refractivity contribution >= 4 is 23.9 Å². The van der Waals surface area contributed by atoms with Crippen molar-refractivity contribution in [3.05, 3.63) is 177 Å². The van der Waals surface area contributed by atoms with Gasteiger partial charge in [-0.3, -0.25) is 0 Å². The summed E-state index contributed by atoms with van der Waals surface area (Å²) in [5, 5.41) is 58.1. The monoisotopic (exact) mass is 869 g/mol. The van der Waals surface area contributed by atoms with Crippen LogP contribution in [-0.4, -0.2) is 92.6 Å². The van der Waals surface area contributed by atoms with E-state index in [1.807, 2.05) is 48.5 Å². The zero-order valence-corrected chi connectivity index (χ0v) is 33.9. The number of carboxylic acid groups (broad SMARTS) is 4. The number of carboxylic acids is 4. The molecule has 3 fully saturated rings. The molecule has 12 nitrogen and oxygen atoms in total. The van der Waals surface area contributed by atoms with Gasteiger partial charge in [-0.1, -0.05) is 98.5 Å². The Labute approximate surface area is 364 Å². The molecule has 12 unspecified atom stereocenters. The van der Waals surface area contributed by atoms with Gasteiger partial charge in [-0.15, -0.1) is 24.2 Å². The van der Waals surface area contributed by atoms with Crippen molar-refractivity contribution in [2.75, 3.05) is 0 Å². The molecule has 0 aromatic heterocycles. The van der Waals surface area contributed by atoms with Gasteiger partial charge >= 0.3 is 40.9 Å². The van der Waals surface area contributed by atoms with E-state index in [4.69, 9.17) is 10.6 Å². The Kier molecular flexibility index (Phi) is 12.2. The molecule has 5 heterocycles. The smallest absolute Gasteiger partial charge is 0.656 e. The summed E-state index contributed by atoms with van der Waals surface area (Å²) in [6, 6.07) is 27.2. The van der Waals surface area contributed by atoms with Crippen LogP contribution in [0.15, 0.2) is 121 Å². The second kappa shape index (κ2) is 17.5. The fraction of sp³-hybridized carbons (Fsp3) is 0.333. The fourth-order valence-corrected chi connectivity index (χ4v) is 10.7. The third-order valence-electron chi connectivity index (χ3n) is 13.5. The number of hydrogen-bond acceptors (Lipinski definition) is 6. The van der Waals surface area contributed by atoms with E-state index in [-0.39, 0.29) is 111 Å². The van der Waals surface area contributed by atoms with Crippen molar-refractivity contribution in [2.45, 2.75) is 97.7 Å². The molecule has 0 saturated carbocycles. The van der Waals surface area contributed by atoms with Gasteiger partial charge in [-0.05, 0) is 94.5 Å². The number of nitrogens with one attached hydrogen (secondary N) is 2. The predicted octanol–water partition coefficient (Wildman–Crippen LogP) is 7.53. The number of benzene rings is 4. The number of fused-ring (bicyclic) bond motifs is 8. The van der Waals surface area contributed by atoms with Gasteiger partial charge < -0.3 is 41.7 Å². The summed E-state index contributed by atoms with van der Waals surface area (Å²) < 4.78 is 0. The summed E-state index contributed by atoms with van der Waals surface area (Å²) in [7, 11) is 0. The van der Waals surface area contributed by atoms with E-state index in [0.29, 0.717) is 0 Å². The summed E-state index contributed by atoms with van der Waals surface area (Å²) in [5.74, 6) is -4.52. The molecule has 0 amide bonds. The summed E-state index contributed by atoms with van der Waals surface area (Å²) in [6.07, 6.45) is 12.0. The van der Waals surface area contributed by atoms with E-state index < -0.39 is 23.9 Å². The first-order valence-electron chi connectivity index (χ1n) is 20.6. The van der Waals surface area contributed by atoms with Crippen molar-refractivity contribution in [2.24, 2.45) is 0 Å². The van der Waals surface area contributed by atoms with Crippen LogP contribution in [0, 0.1) is 0 Å². The maximum absolute atomic E-state index is 11.9. The zero-order valence-electron chi connectivity index (χ0n) is 32.9. The number of carbonyl (C=O) groups is 4. The Balaban J connectivity index is 0.00000514. The van der Waals surface area contributed by atoms with Crippen LogP contribution in [0.4, 0.5) is 0 Å². The summed E-state index contributed by atoms with van der Waals surface area (Å²) in [6.45, 7) is 0. The third-order valence-corrected chi connectivity index (χ3v) is 13.5. The molecule has 0 aliphatic carbocycles. The third kappa shape index (κ3) is 8.34. The van der Waals surface area contributed by atoms with E-state index in [0.717, 1.165) is 47.9 Å². The molecule has 13 heteroatoms. The molecule has 8 bridgehead atoms. The zero-order chi connectivity index (χ0) is 41.7. The minimum absolute atomic E-state index is 0. The van der Waals surface area contributed by atoms with E-state index >= 15 is 0 Å². The van der Waals surface area contributed by atoms with Crippen molar-refractivity contribution in [1.29, 1.82) is 0 Å². The second-order valence-electron chi connectivity index (χ2n) is 16.7. The Morgan fingerprint density at radius 1 is 0.377 bits per heavy atom. The Morgan fingerprint density at radius 2 is 0.574 bits per heavy atom. The minimum atomic E-state index is -0.994. The molecule has 317 valence electrons. The average Bonchev–Trinajstić information content (AvgIpc) is 4.10. The van der Waals surface area contributed by atoms with Gasteiger partial charge in [0.25, 0.3) is 0 Å². The van der Waals surface area contributed by atoms with Crippen molar-refractivity contribution in [3.63, 3.8) is 0 Å². The molecule has 5 aliphatic rings. The topological polar surface area (TPSA) is 201 Å². The van der Waals surface area contributed by atoms with Gasteiger partial charge in [-0.25, -0.2) is 19.2 Å². The Morgan fingerprint density at radius 3 is 0.754 bits per heavy atom. The summed E-state index contributed by atoms with van der Waals surface area (Å²) in [5.41, 5.74) is 4.73. The molecule has 0 spiro atoms. The van der Waals surface area contributed by atoms with Crippen LogP contribution in [0.25, 0.3) is 10.6 Å². The number of rotatable bonds is 8. The first-order chi connectivity index (χ1) is 29.0. The maximum atomic E-state index is 11.9. The molecule has 12 atom stereocenters. The molecule has 9 rings (SSSR count). The van der Waals surface area contributed by atoms with Gasteiger partial charge in [0.15, 0.2) is 0 Å². The minimum Gasteiger partial charge on any atom is -0.656 e. The van der Waals surface area contributed by atoms with Crippen molar-refractivity contribution < 1.29 is 56.7 Å². The molecule has 5 aliphatic heterocycles. The van der Waals surface area contributed by atoms with E-state index in [2.05, 4.69) is 34.9 Å². The van der Waals surface area contributed by atoms with Crippen molar-refractivity contribution in [3.8, 4) is 0 Å². The van der Waals surface area contributed by atoms with Gasteiger partial charge in [0, 0.05) is 24.2 Å². The van der Waals surface area contributed by atoms with E-state index in [1.54, 1.807) is 48.5 Å². The maximum Gasteiger partial charge on any atom is 2.00 e. The van der Waals surface area contributed by atoms with Crippen molar-refractivity contribution in [1.82, 2.24) is 10.6 Å². The molecule has 3 saturated heterocycles. The van der Waals surface area contributed by atoms with E-state index in [1.165, 1.54) is 0 Å². The van der Waals surface area contributed by atoms with Crippen LogP contribution >= 0.6 is 0 Å². The summed E-state index contributed by atoms with van der Waals surface area (Å²) in [4.78, 5) is 47.5. The quantitative estimate of drug-likeness (QED) is 0.0760. The predicted molar refractivity (Wildman–Crippen MR) is 225 cm³/mol. The molecule has 6 N–H and O–H groups in total. The van der Waals surface area contributed by atoms with Crippen LogP contribution in [0.3, 0.4) is 0 Å². The fourth-order valence-electron chi connectivity index (χ4n) is 10.7. The number of nitrogens with zero attached hydrogens (tertiary/aromatic N) is 2. The SMILES string of the molecule is O=C(O)c1ccc(C2C3CCC([N-]3)C(c3ccc(C(=O)O)cc3)C3C=CC(N3)C(c3ccc(C(=O)O)cc3)C3CCC([N-]3)C(c3ccc(C(=O)O)cc3)C3C=CC2N3)cc1.[Cu+2]. The number of hydrogen-bond donors (Lipinski definition) is 6. The van der Waals surface area contributed by atoms with Gasteiger partial charge in [-0.2, -0.15) is 0 Å². The number of aromatic carboxylic acids is 4. The molecule has 4 aromatic rings. The molecule has 1 radical (unpaired) electrons.